The quantitative estimate of drug-likeness (QED) is 0.763. The molecule has 1 atom stereocenters. The predicted molar refractivity (Wildman–Crippen MR) is 101 cm³/mol. The molecule has 1 aromatic carbocycles. The number of nitrogens with one attached hydrogen (secondary N) is 2. The molecule has 1 heterocycles. The van der Waals surface area contributed by atoms with Crippen LogP contribution in [-0.2, 0) is 16.0 Å². The van der Waals surface area contributed by atoms with Crippen LogP contribution in [0.25, 0.3) is 0 Å². The fourth-order valence-electron chi connectivity index (χ4n) is 3.20. The van der Waals surface area contributed by atoms with E-state index < -0.39 is 11.8 Å². The lowest BCUT2D eigenvalue weighted by atomic mass is 9.96. The first kappa shape index (κ1) is 19.2. The topological polar surface area (TPSA) is 64.7 Å². The van der Waals surface area contributed by atoms with Crippen molar-refractivity contribution in [2.75, 3.05) is 45.7 Å². The van der Waals surface area contributed by atoms with Crippen molar-refractivity contribution >= 4 is 17.5 Å². The summed E-state index contributed by atoms with van der Waals surface area (Å²) in [5.41, 5.74) is 3.80. The van der Waals surface area contributed by atoms with E-state index in [1.165, 1.54) is 11.3 Å². The van der Waals surface area contributed by atoms with E-state index in [-0.39, 0.29) is 6.04 Å². The minimum Gasteiger partial charge on any atom is -0.374 e. The lowest BCUT2D eigenvalue weighted by molar-refractivity contribution is -0.139. The maximum atomic E-state index is 11.9. The second-order valence-corrected chi connectivity index (χ2v) is 6.86. The highest BCUT2D eigenvalue weighted by Gasteiger charge is 2.21. The van der Waals surface area contributed by atoms with Crippen LogP contribution in [0.1, 0.15) is 36.9 Å². The van der Waals surface area contributed by atoms with Gasteiger partial charge < -0.3 is 20.4 Å². The van der Waals surface area contributed by atoms with Gasteiger partial charge in [-0.25, -0.2) is 0 Å². The van der Waals surface area contributed by atoms with E-state index >= 15 is 0 Å². The summed E-state index contributed by atoms with van der Waals surface area (Å²) < 4.78 is 0. The highest BCUT2D eigenvalue weighted by atomic mass is 16.2. The number of amides is 2. The van der Waals surface area contributed by atoms with Gasteiger partial charge in [0.2, 0.25) is 0 Å². The van der Waals surface area contributed by atoms with Crippen LogP contribution in [0.4, 0.5) is 5.69 Å². The second-order valence-electron chi connectivity index (χ2n) is 6.86. The maximum Gasteiger partial charge on any atom is 0.309 e. The predicted octanol–water partition coefficient (Wildman–Crippen LogP) is 1.31. The molecule has 0 unspecified atom stereocenters. The molecule has 6 nitrogen and oxygen atoms in total. The van der Waals surface area contributed by atoms with Crippen LogP contribution in [-0.4, -0.2) is 57.5 Å². The number of fused-ring (bicyclic) bond motifs is 1. The molecule has 6 heteroatoms. The van der Waals surface area contributed by atoms with Gasteiger partial charge in [-0.15, -0.1) is 0 Å². The standard InChI is InChI=1S/C19H30N4O2/c1-5-10-20-18(24)19(25)21-13-17(22(2)3)15-8-9-16-14(12-15)7-6-11-23(16)4/h8-9,12,17H,5-7,10-11,13H2,1-4H3,(H,20,24)(H,21,25)/t17-/m0/s1. The van der Waals surface area contributed by atoms with Crippen molar-refractivity contribution in [1.82, 2.24) is 15.5 Å². The fourth-order valence-corrected chi connectivity index (χ4v) is 3.20. The number of rotatable bonds is 6. The SMILES string of the molecule is CCCNC(=O)C(=O)NC[C@@H](c1ccc2c(c1)CCCN2C)N(C)C. The summed E-state index contributed by atoms with van der Waals surface area (Å²) in [6, 6.07) is 6.55. The first-order valence-corrected chi connectivity index (χ1v) is 9.00. The van der Waals surface area contributed by atoms with E-state index in [9.17, 15) is 9.59 Å². The average molecular weight is 346 g/mol. The molecule has 0 aromatic heterocycles. The van der Waals surface area contributed by atoms with Crippen LogP contribution in [0.15, 0.2) is 18.2 Å². The average Bonchev–Trinajstić information content (AvgIpc) is 2.59. The van der Waals surface area contributed by atoms with Gasteiger partial charge in [0.1, 0.15) is 0 Å². The largest absolute Gasteiger partial charge is 0.374 e. The number of anilines is 1. The van der Waals surface area contributed by atoms with Gasteiger partial charge >= 0.3 is 11.8 Å². The summed E-state index contributed by atoms with van der Waals surface area (Å²) >= 11 is 0. The third-order valence-corrected chi connectivity index (χ3v) is 4.66. The molecule has 0 bridgehead atoms. The van der Waals surface area contributed by atoms with Gasteiger partial charge in [-0.05, 0) is 50.6 Å². The van der Waals surface area contributed by atoms with Crippen LogP contribution in [0, 0.1) is 0 Å². The molecular formula is C19H30N4O2. The first-order valence-electron chi connectivity index (χ1n) is 9.00. The Kier molecular flexibility index (Phi) is 6.82. The number of carbonyl (C=O) groups is 2. The molecule has 138 valence electrons. The number of aryl methyl sites for hydroxylation is 1. The molecule has 0 saturated heterocycles. The molecule has 1 aliphatic heterocycles. The fraction of sp³-hybridized carbons (Fsp3) is 0.579. The van der Waals surface area contributed by atoms with Crippen LogP contribution in [0.3, 0.4) is 0 Å². The Bertz CT molecular complexity index is 615. The van der Waals surface area contributed by atoms with Crippen molar-refractivity contribution in [3.8, 4) is 0 Å². The molecular weight excluding hydrogens is 316 g/mol. The highest BCUT2D eigenvalue weighted by molar-refractivity contribution is 6.35. The number of likely N-dealkylation sites (N-methyl/N-ethyl adjacent to an activating group) is 1. The smallest absolute Gasteiger partial charge is 0.309 e. The Morgan fingerprint density at radius 1 is 1.24 bits per heavy atom. The molecule has 1 aromatic rings. The zero-order valence-corrected chi connectivity index (χ0v) is 15.8. The van der Waals surface area contributed by atoms with Gasteiger partial charge in [0.05, 0.1) is 6.04 Å². The van der Waals surface area contributed by atoms with Crippen LogP contribution in [0.5, 0.6) is 0 Å². The summed E-state index contributed by atoms with van der Waals surface area (Å²) in [5.74, 6) is -1.13. The first-order chi connectivity index (χ1) is 11.9. The van der Waals surface area contributed by atoms with E-state index in [0.29, 0.717) is 13.1 Å². The van der Waals surface area contributed by atoms with Crippen molar-refractivity contribution in [3.05, 3.63) is 29.3 Å². The van der Waals surface area contributed by atoms with Gasteiger partial charge in [0, 0.05) is 32.4 Å². The van der Waals surface area contributed by atoms with Crippen LogP contribution in [0.2, 0.25) is 0 Å². The molecule has 25 heavy (non-hydrogen) atoms. The Labute approximate surface area is 150 Å². The summed E-state index contributed by atoms with van der Waals surface area (Å²) in [4.78, 5) is 28.0. The molecule has 0 spiro atoms. The molecule has 0 radical (unpaired) electrons. The Morgan fingerprint density at radius 2 is 1.96 bits per heavy atom. The molecule has 2 amide bonds. The van der Waals surface area contributed by atoms with Crippen molar-refractivity contribution in [3.63, 3.8) is 0 Å². The normalized spacial score (nSPS) is 14.8. The van der Waals surface area contributed by atoms with E-state index in [1.54, 1.807) is 0 Å². The summed E-state index contributed by atoms with van der Waals surface area (Å²) in [5, 5.41) is 5.36. The number of nitrogens with zero attached hydrogens (tertiary/aromatic N) is 2. The Morgan fingerprint density at radius 3 is 2.64 bits per heavy atom. The summed E-state index contributed by atoms with van der Waals surface area (Å²) in [6.45, 7) is 3.96. The maximum absolute atomic E-state index is 11.9. The third-order valence-electron chi connectivity index (χ3n) is 4.66. The monoisotopic (exact) mass is 346 g/mol. The van der Waals surface area contributed by atoms with Crippen molar-refractivity contribution in [2.24, 2.45) is 0 Å². The molecule has 0 aliphatic carbocycles. The highest BCUT2D eigenvalue weighted by Crippen LogP contribution is 2.29. The Balaban J connectivity index is 2.06. The minimum atomic E-state index is -0.571. The molecule has 2 N–H and O–H groups in total. The minimum absolute atomic E-state index is 0.0282. The van der Waals surface area contributed by atoms with Gasteiger partial charge in [-0.3, -0.25) is 9.59 Å². The number of benzene rings is 1. The van der Waals surface area contributed by atoms with Crippen molar-refractivity contribution in [2.45, 2.75) is 32.2 Å². The lowest BCUT2D eigenvalue weighted by Gasteiger charge is -2.30. The van der Waals surface area contributed by atoms with E-state index in [1.807, 2.05) is 21.0 Å². The number of hydrogen-bond acceptors (Lipinski definition) is 4. The van der Waals surface area contributed by atoms with Gasteiger partial charge in [0.25, 0.3) is 0 Å². The van der Waals surface area contributed by atoms with E-state index in [0.717, 1.165) is 31.4 Å². The lowest BCUT2D eigenvalue weighted by Crippen LogP contribution is -2.43. The van der Waals surface area contributed by atoms with Crippen LogP contribution < -0.4 is 15.5 Å². The van der Waals surface area contributed by atoms with E-state index in [2.05, 4.69) is 45.7 Å². The van der Waals surface area contributed by atoms with Gasteiger partial charge in [-0.1, -0.05) is 19.1 Å². The van der Waals surface area contributed by atoms with Crippen LogP contribution >= 0.6 is 0 Å². The van der Waals surface area contributed by atoms with E-state index in [4.69, 9.17) is 0 Å². The summed E-state index contributed by atoms with van der Waals surface area (Å²) in [6.07, 6.45) is 3.05. The zero-order chi connectivity index (χ0) is 18.4. The Hall–Kier alpha value is -2.08. The summed E-state index contributed by atoms with van der Waals surface area (Å²) in [7, 11) is 6.09. The molecule has 0 saturated carbocycles. The number of carbonyl (C=O) groups excluding carboxylic acids is 2. The molecule has 2 rings (SSSR count). The molecule has 0 fully saturated rings. The second kappa shape index (κ2) is 8.85. The zero-order valence-electron chi connectivity index (χ0n) is 15.8. The molecule has 1 aliphatic rings. The number of hydrogen-bond donors (Lipinski definition) is 2. The van der Waals surface area contributed by atoms with Gasteiger partial charge in [-0.2, -0.15) is 0 Å². The van der Waals surface area contributed by atoms with Gasteiger partial charge in [0.15, 0.2) is 0 Å². The third kappa shape index (κ3) is 4.95. The van der Waals surface area contributed by atoms with Crippen molar-refractivity contribution in [1.29, 1.82) is 0 Å². The van der Waals surface area contributed by atoms with Crippen molar-refractivity contribution < 1.29 is 9.59 Å².